The summed E-state index contributed by atoms with van der Waals surface area (Å²) in [6.07, 6.45) is 5.22. The Morgan fingerprint density at radius 1 is 1.38 bits per heavy atom. The summed E-state index contributed by atoms with van der Waals surface area (Å²) in [5.41, 5.74) is 2.52. The molecular weight excluding hydrogens is 302 g/mol. The summed E-state index contributed by atoms with van der Waals surface area (Å²) in [6, 6.07) is 8.10. The standard InChI is InChI=1S/C18H25N5O/c1-19-18(20-10-14-4-6-17(24-3)7-5-14)23-9-8-15(13-23)16-11-21-22(2)12-16/h4-7,11-12,15H,8-10,13H2,1-3H3,(H,19,20). The highest BCUT2D eigenvalue weighted by Gasteiger charge is 2.26. The lowest BCUT2D eigenvalue weighted by Crippen LogP contribution is -2.39. The van der Waals surface area contributed by atoms with E-state index in [1.54, 1.807) is 7.11 Å². The van der Waals surface area contributed by atoms with Crippen LogP contribution in [0.3, 0.4) is 0 Å². The molecule has 0 bridgehead atoms. The molecule has 0 spiro atoms. The summed E-state index contributed by atoms with van der Waals surface area (Å²) in [5.74, 6) is 2.36. The molecule has 3 rings (SSSR count). The number of aromatic nitrogens is 2. The molecule has 6 nitrogen and oxygen atoms in total. The number of likely N-dealkylation sites (tertiary alicyclic amines) is 1. The molecule has 0 radical (unpaired) electrons. The molecule has 0 aliphatic carbocycles. The van der Waals surface area contributed by atoms with Gasteiger partial charge in [0, 0.05) is 45.8 Å². The van der Waals surface area contributed by atoms with E-state index in [4.69, 9.17) is 4.74 Å². The average molecular weight is 327 g/mol. The summed E-state index contributed by atoms with van der Waals surface area (Å²) in [7, 11) is 5.49. The second kappa shape index (κ2) is 7.38. The molecule has 2 heterocycles. The highest BCUT2D eigenvalue weighted by molar-refractivity contribution is 5.80. The van der Waals surface area contributed by atoms with Gasteiger partial charge in [-0.15, -0.1) is 0 Å². The fourth-order valence-corrected chi connectivity index (χ4v) is 3.13. The first kappa shape index (κ1) is 16.4. The van der Waals surface area contributed by atoms with Crippen LogP contribution in [0.2, 0.25) is 0 Å². The Bertz CT molecular complexity index is 692. The number of benzene rings is 1. The van der Waals surface area contributed by atoms with Gasteiger partial charge in [-0.2, -0.15) is 5.10 Å². The van der Waals surface area contributed by atoms with Crippen LogP contribution in [0.15, 0.2) is 41.7 Å². The normalized spacial score (nSPS) is 18.0. The Morgan fingerprint density at radius 2 is 2.17 bits per heavy atom. The van der Waals surface area contributed by atoms with Gasteiger partial charge in [0.25, 0.3) is 0 Å². The molecule has 6 heteroatoms. The fourth-order valence-electron chi connectivity index (χ4n) is 3.13. The number of rotatable bonds is 4. The molecule has 1 atom stereocenters. The molecule has 1 N–H and O–H groups in total. The number of nitrogens with one attached hydrogen (secondary N) is 1. The first-order chi connectivity index (χ1) is 11.7. The molecule has 1 saturated heterocycles. The minimum Gasteiger partial charge on any atom is -0.497 e. The van der Waals surface area contributed by atoms with Crippen molar-refractivity contribution >= 4 is 5.96 Å². The smallest absolute Gasteiger partial charge is 0.193 e. The van der Waals surface area contributed by atoms with Gasteiger partial charge in [0.15, 0.2) is 5.96 Å². The molecule has 1 aliphatic rings. The maximum Gasteiger partial charge on any atom is 0.193 e. The number of guanidine groups is 1. The quantitative estimate of drug-likeness (QED) is 0.689. The Labute approximate surface area is 143 Å². The van der Waals surface area contributed by atoms with Gasteiger partial charge < -0.3 is 15.0 Å². The van der Waals surface area contributed by atoms with Crippen LogP contribution in [0, 0.1) is 0 Å². The number of aliphatic imine (C=N–C) groups is 1. The van der Waals surface area contributed by atoms with E-state index in [1.807, 2.05) is 37.1 Å². The van der Waals surface area contributed by atoms with E-state index in [9.17, 15) is 0 Å². The van der Waals surface area contributed by atoms with Crippen LogP contribution in [0.25, 0.3) is 0 Å². The van der Waals surface area contributed by atoms with E-state index >= 15 is 0 Å². The molecule has 1 unspecified atom stereocenters. The van der Waals surface area contributed by atoms with Gasteiger partial charge in [0.05, 0.1) is 13.3 Å². The number of aryl methyl sites for hydroxylation is 1. The first-order valence-electron chi connectivity index (χ1n) is 8.26. The maximum absolute atomic E-state index is 5.19. The summed E-state index contributed by atoms with van der Waals surface area (Å²) in [5, 5.41) is 7.74. The number of methoxy groups -OCH3 is 1. The summed E-state index contributed by atoms with van der Waals surface area (Å²) < 4.78 is 7.06. The Hall–Kier alpha value is -2.50. The molecule has 24 heavy (non-hydrogen) atoms. The van der Waals surface area contributed by atoms with Crippen molar-refractivity contribution in [2.45, 2.75) is 18.9 Å². The average Bonchev–Trinajstić information content (AvgIpc) is 3.25. The van der Waals surface area contributed by atoms with Crippen LogP contribution in [-0.4, -0.2) is 47.9 Å². The highest BCUT2D eigenvalue weighted by Crippen LogP contribution is 2.26. The van der Waals surface area contributed by atoms with Gasteiger partial charge in [0.2, 0.25) is 0 Å². The summed E-state index contributed by atoms with van der Waals surface area (Å²) in [4.78, 5) is 6.76. The Balaban J connectivity index is 1.56. The van der Waals surface area contributed by atoms with Gasteiger partial charge in [-0.25, -0.2) is 0 Å². The molecule has 1 aliphatic heterocycles. The Kier molecular flexibility index (Phi) is 5.03. The van der Waals surface area contributed by atoms with Gasteiger partial charge in [-0.1, -0.05) is 12.1 Å². The van der Waals surface area contributed by atoms with Crippen molar-refractivity contribution in [2.24, 2.45) is 12.0 Å². The van der Waals surface area contributed by atoms with Gasteiger partial charge in [0.1, 0.15) is 5.75 Å². The minimum atomic E-state index is 0.526. The van der Waals surface area contributed by atoms with Crippen LogP contribution < -0.4 is 10.1 Å². The molecular formula is C18H25N5O. The van der Waals surface area contributed by atoms with E-state index in [1.165, 1.54) is 11.1 Å². The molecule has 0 saturated carbocycles. The van der Waals surface area contributed by atoms with E-state index in [0.29, 0.717) is 5.92 Å². The topological polar surface area (TPSA) is 54.7 Å². The number of ether oxygens (including phenoxy) is 1. The molecule has 1 fully saturated rings. The number of nitrogens with zero attached hydrogens (tertiary/aromatic N) is 4. The third-order valence-electron chi connectivity index (χ3n) is 4.51. The third kappa shape index (κ3) is 3.69. The van der Waals surface area contributed by atoms with E-state index in [2.05, 4.69) is 38.6 Å². The number of hydrogen-bond donors (Lipinski definition) is 1. The SMILES string of the molecule is CN=C(NCc1ccc(OC)cc1)N1CCC(c2cnn(C)c2)C1. The lowest BCUT2D eigenvalue weighted by atomic mass is 10.0. The van der Waals surface area contributed by atoms with Crippen molar-refractivity contribution in [2.75, 3.05) is 27.2 Å². The second-order valence-corrected chi connectivity index (χ2v) is 6.13. The van der Waals surface area contributed by atoms with Gasteiger partial charge >= 0.3 is 0 Å². The van der Waals surface area contributed by atoms with Crippen molar-refractivity contribution in [1.29, 1.82) is 0 Å². The molecule has 2 aromatic rings. The predicted molar refractivity (Wildman–Crippen MR) is 95.3 cm³/mol. The van der Waals surface area contributed by atoms with Crippen molar-refractivity contribution in [3.63, 3.8) is 0 Å². The zero-order chi connectivity index (χ0) is 16.9. The predicted octanol–water partition coefficient (Wildman–Crippen LogP) is 1.99. The van der Waals surface area contributed by atoms with E-state index in [0.717, 1.165) is 37.8 Å². The second-order valence-electron chi connectivity index (χ2n) is 6.13. The largest absolute Gasteiger partial charge is 0.497 e. The van der Waals surface area contributed by atoms with Crippen LogP contribution >= 0.6 is 0 Å². The van der Waals surface area contributed by atoms with Crippen LogP contribution in [0.1, 0.15) is 23.5 Å². The van der Waals surface area contributed by atoms with Gasteiger partial charge in [-0.05, 0) is 29.7 Å². The monoisotopic (exact) mass is 327 g/mol. The Morgan fingerprint density at radius 3 is 2.79 bits per heavy atom. The van der Waals surface area contributed by atoms with Crippen molar-refractivity contribution in [1.82, 2.24) is 20.0 Å². The molecule has 0 amide bonds. The number of hydrogen-bond acceptors (Lipinski definition) is 3. The highest BCUT2D eigenvalue weighted by atomic mass is 16.5. The fraction of sp³-hybridized carbons (Fsp3) is 0.444. The van der Waals surface area contributed by atoms with E-state index in [-0.39, 0.29) is 0 Å². The summed E-state index contributed by atoms with van der Waals surface area (Å²) >= 11 is 0. The maximum atomic E-state index is 5.19. The van der Waals surface area contributed by atoms with Crippen LogP contribution in [0.4, 0.5) is 0 Å². The van der Waals surface area contributed by atoms with Crippen LogP contribution in [0.5, 0.6) is 5.75 Å². The van der Waals surface area contributed by atoms with Gasteiger partial charge in [-0.3, -0.25) is 9.67 Å². The van der Waals surface area contributed by atoms with E-state index < -0.39 is 0 Å². The van der Waals surface area contributed by atoms with Crippen molar-refractivity contribution in [3.05, 3.63) is 47.8 Å². The zero-order valence-corrected chi connectivity index (χ0v) is 14.6. The minimum absolute atomic E-state index is 0.526. The summed E-state index contributed by atoms with van der Waals surface area (Å²) in [6.45, 7) is 2.75. The van der Waals surface area contributed by atoms with Crippen LogP contribution in [-0.2, 0) is 13.6 Å². The molecule has 1 aromatic heterocycles. The van der Waals surface area contributed by atoms with Crippen molar-refractivity contribution < 1.29 is 4.74 Å². The first-order valence-corrected chi connectivity index (χ1v) is 8.26. The lowest BCUT2D eigenvalue weighted by Gasteiger charge is -2.21. The lowest BCUT2D eigenvalue weighted by molar-refractivity contribution is 0.414. The zero-order valence-electron chi connectivity index (χ0n) is 14.6. The molecule has 1 aromatic carbocycles. The third-order valence-corrected chi connectivity index (χ3v) is 4.51. The molecule has 128 valence electrons. The van der Waals surface area contributed by atoms with Crippen molar-refractivity contribution in [3.8, 4) is 5.75 Å².